The van der Waals surface area contributed by atoms with E-state index in [9.17, 15) is 5.11 Å². The first kappa shape index (κ1) is 17.7. The minimum absolute atomic E-state index is 0.279. The highest BCUT2D eigenvalue weighted by atomic mass is 32.2. The molecule has 0 saturated carbocycles. The number of thioether (sulfide) groups is 1. The predicted octanol–water partition coefficient (Wildman–Crippen LogP) is 5.49. The van der Waals surface area contributed by atoms with E-state index >= 15 is 0 Å². The van der Waals surface area contributed by atoms with Crippen molar-refractivity contribution in [3.05, 3.63) is 89.9 Å². The first-order valence-corrected chi connectivity index (χ1v) is 10.2. The number of phenolic OH excluding ortho intramolecular Hbond substituents is 1. The first-order valence-electron chi connectivity index (χ1n) is 9.08. The van der Waals surface area contributed by atoms with Crippen LogP contribution in [0.5, 0.6) is 5.75 Å². The third-order valence-electron chi connectivity index (χ3n) is 4.63. The second kappa shape index (κ2) is 7.89. The normalized spacial score (nSPS) is 11.1. The van der Waals surface area contributed by atoms with E-state index in [-0.39, 0.29) is 5.75 Å². The van der Waals surface area contributed by atoms with Crippen LogP contribution in [0.4, 0.5) is 0 Å². The van der Waals surface area contributed by atoms with Crippen LogP contribution in [-0.2, 0) is 12.2 Å². The van der Waals surface area contributed by atoms with Crippen LogP contribution >= 0.6 is 11.8 Å². The molecule has 0 unspecified atom stereocenters. The Bertz CT molecular complexity index is 1040. The van der Waals surface area contributed by atoms with Gasteiger partial charge < -0.3 is 9.51 Å². The molecule has 4 aromatic rings. The Kier molecular flexibility index (Phi) is 5.16. The zero-order valence-corrected chi connectivity index (χ0v) is 16.1. The molecule has 0 amide bonds. The molecule has 2 aromatic heterocycles. The summed E-state index contributed by atoms with van der Waals surface area (Å²) in [5.74, 6) is 2.31. The summed E-state index contributed by atoms with van der Waals surface area (Å²) in [6.07, 6.45) is 5.22. The number of aryl methyl sites for hydroxylation is 2. The van der Waals surface area contributed by atoms with Crippen LogP contribution in [0, 0.1) is 6.92 Å². The van der Waals surface area contributed by atoms with Gasteiger partial charge >= 0.3 is 0 Å². The Morgan fingerprint density at radius 1 is 1.04 bits per heavy atom. The Morgan fingerprint density at radius 3 is 2.59 bits per heavy atom. The van der Waals surface area contributed by atoms with Gasteiger partial charge in [0.2, 0.25) is 0 Å². The van der Waals surface area contributed by atoms with E-state index in [1.54, 1.807) is 12.1 Å². The molecule has 0 spiro atoms. The zero-order chi connectivity index (χ0) is 18.6. The van der Waals surface area contributed by atoms with Crippen LogP contribution in [-0.4, -0.2) is 20.2 Å². The molecule has 3 nitrogen and oxygen atoms in total. The fraction of sp³-hybridized carbons (Fsp3) is 0.174. The molecule has 0 aliphatic carbocycles. The van der Waals surface area contributed by atoms with Crippen molar-refractivity contribution in [2.45, 2.75) is 19.1 Å². The molecule has 4 rings (SSSR count). The number of benzene rings is 2. The fourth-order valence-electron chi connectivity index (χ4n) is 3.24. The summed E-state index contributed by atoms with van der Waals surface area (Å²) in [6.45, 7) is 2.11. The van der Waals surface area contributed by atoms with E-state index in [0.29, 0.717) is 0 Å². The predicted molar refractivity (Wildman–Crippen MR) is 113 cm³/mol. The summed E-state index contributed by atoms with van der Waals surface area (Å²) in [5.41, 5.74) is 6.91. The smallest absolute Gasteiger partial charge is 0.144 e. The van der Waals surface area contributed by atoms with Gasteiger partial charge in [-0.2, -0.15) is 11.8 Å². The molecule has 0 fully saturated rings. The highest BCUT2D eigenvalue weighted by Gasteiger charge is 2.11. The highest BCUT2D eigenvalue weighted by Crippen LogP contribution is 2.28. The van der Waals surface area contributed by atoms with Gasteiger partial charge in [-0.1, -0.05) is 42.5 Å². The molecule has 0 aliphatic heterocycles. The average Bonchev–Trinajstić information content (AvgIpc) is 3.09. The third kappa shape index (κ3) is 4.01. The number of hydrogen-bond acceptors (Lipinski definition) is 3. The lowest BCUT2D eigenvalue weighted by atomic mass is 10.1. The number of phenols is 1. The lowest BCUT2D eigenvalue weighted by Gasteiger charge is -2.09. The molecule has 136 valence electrons. The van der Waals surface area contributed by atoms with Crippen LogP contribution in [0.3, 0.4) is 0 Å². The molecule has 0 radical (unpaired) electrons. The molecule has 2 heterocycles. The van der Waals surface area contributed by atoms with E-state index in [0.717, 1.165) is 34.7 Å². The van der Waals surface area contributed by atoms with Crippen molar-refractivity contribution < 1.29 is 5.11 Å². The number of imidazole rings is 1. The van der Waals surface area contributed by atoms with Crippen LogP contribution < -0.4 is 0 Å². The maximum absolute atomic E-state index is 9.55. The van der Waals surface area contributed by atoms with Crippen molar-refractivity contribution in [1.29, 1.82) is 0 Å². The number of rotatable bonds is 6. The molecule has 0 aliphatic rings. The van der Waals surface area contributed by atoms with E-state index in [1.165, 1.54) is 16.8 Å². The minimum atomic E-state index is 0.279. The number of hydrogen-bond donors (Lipinski definition) is 1. The zero-order valence-electron chi connectivity index (χ0n) is 15.3. The van der Waals surface area contributed by atoms with Crippen molar-refractivity contribution in [3.8, 4) is 16.9 Å². The molecule has 0 bridgehead atoms. The summed E-state index contributed by atoms with van der Waals surface area (Å²) >= 11 is 1.94. The lowest BCUT2D eigenvalue weighted by Crippen LogP contribution is -1.96. The average molecular weight is 375 g/mol. The second-order valence-corrected chi connectivity index (χ2v) is 7.81. The maximum Gasteiger partial charge on any atom is 0.144 e. The van der Waals surface area contributed by atoms with Crippen molar-refractivity contribution >= 4 is 17.4 Å². The minimum Gasteiger partial charge on any atom is -0.508 e. The first-order chi connectivity index (χ1) is 13.2. The molecule has 0 saturated heterocycles. The van der Waals surface area contributed by atoms with Gasteiger partial charge in [0.15, 0.2) is 0 Å². The number of aromatic hydroxyl groups is 1. The van der Waals surface area contributed by atoms with Gasteiger partial charge in [0.1, 0.15) is 11.4 Å². The lowest BCUT2D eigenvalue weighted by molar-refractivity contribution is 0.475. The Hall–Kier alpha value is -2.72. The Labute approximate surface area is 163 Å². The Balaban J connectivity index is 1.53. The number of fused-ring (bicyclic) bond motifs is 1. The fourth-order valence-corrected chi connectivity index (χ4v) is 4.19. The summed E-state index contributed by atoms with van der Waals surface area (Å²) in [4.78, 5) is 4.68. The molecule has 2 aromatic carbocycles. The third-order valence-corrected chi connectivity index (χ3v) is 5.62. The number of pyridine rings is 1. The van der Waals surface area contributed by atoms with Crippen molar-refractivity contribution in [2.75, 3.05) is 5.75 Å². The largest absolute Gasteiger partial charge is 0.508 e. The molecular weight excluding hydrogens is 352 g/mol. The number of aromatic nitrogens is 2. The van der Waals surface area contributed by atoms with Crippen LogP contribution in [0.1, 0.15) is 16.8 Å². The molecule has 4 heteroatoms. The van der Waals surface area contributed by atoms with E-state index < -0.39 is 0 Å². The van der Waals surface area contributed by atoms with Crippen molar-refractivity contribution in [2.24, 2.45) is 0 Å². The molecule has 1 N–H and O–H groups in total. The van der Waals surface area contributed by atoms with Crippen molar-refractivity contribution in [3.63, 3.8) is 0 Å². The van der Waals surface area contributed by atoms with Crippen LogP contribution in [0.2, 0.25) is 0 Å². The van der Waals surface area contributed by atoms with Gasteiger partial charge in [-0.25, -0.2) is 4.98 Å². The van der Waals surface area contributed by atoms with E-state index in [1.807, 2.05) is 30.1 Å². The SMILES string of the molecule is Cc1cc(-c2ccc(O)cc2)c2ncc(CSCCc3ccccc3)n2c1. The van der Waals surface area contributed by atoms with Gasteiger partial charge in [0, 0.05) is 17.5 Å². The summed E-state index contributed by atoms with van der Waals surface area (Å²) in [5, 5.41) is 9.55. The second-order valence-electron chi connectivity index (χ2n) is 6.71. The summed E-state index contributed by atoms with van der Waals surface area (Å²) < 4.78 is 2.20. The molecular formula is C23H22N2OS. The maximum atomic E-state index is 9.55. The van der Waals surface area contributed by atoms with Gasteiger partial charge in [0.05, 0.1) is 11.9 Å². The van der Waals surface area contributed by atoms with Crippen LogP contribution in [0.15, 0.2) is 73.1 Å². The highest BCUT2D eigenvalue weighted by molar-refractivity contribution is 7.98. The monoisotopic (exact) mass is 374 g/mol. The van der Waals surface area contributed by atoms with E-state index in [2.05, 4.69) is 58.9 Å². The van der Waals surface area contributed by atoms with Crippen molar-refractivity contribution in [1.82, 2.24) is 9.38 Å². The van der Waals surface area contributed by atoms with Crippen LogP contribution in [0.25, 0.3) is 16.8 Å². The quantitative estimate of drug-likeness (QED) is 0.453. The van der Waals surface area contributed by atoms with Gasteiger partial charge in [-0.15, -0.1) is 0 Å². The van der Waals surface area contributed by atoms with Gasteiger partial charge in [0.25, 0.3) is 0 Å². The van der Waals surface area contributed by atoms with Gasteiger partial charge in [-0.3, -0.25) is 0 Å². The Morgan fingerprint density at radius 2 is 1.81 bits per heavy atom. The number of nitrogens with zero attached hydrogens (tertiary/aromatic N) is 2. The molecule has 0 atom stereocenters. The summed E-state index contributed by atoms with van der Waals surface area (Å²) in [7, 11) is 0. The standard InChI is InChI=1S/C23H22N2OS/c1-17-13-22(19-7-9-21(26)10-8-19)23-24-14-20(25(23)15-17)16-27-12-11-18-5-3-2-4-6-18/h2-10,13-15,26H,11-12,16H2,1H3. The molecule has 27 heavy (non-hydrogen) atoms. The summed E-state index contributed by atoms with van der Waals surface area (Å²) in [6, 6.07) is 20.1. The topological polar surface area (TPSA) is 37.5 Å². The van der Waals surface area contributed by atoms with E-state index in [4.69, 9.17) is 0 Å². The van der Waals surface area contributed by atoms with Gasteiger partial charge in [-0.05, 0) is 54.0 Å².